The zero-order chi connectivity index (χ0) is 20.8. The maximum Gasteiger partial charge on any atom is 0.168 e. The molecular formula is C20H24F4N2O2. The number of aromatic hydroxyl groups is 2. The van der Waals surface area contributed by atoms with Gasteiger partial charge >= 0.3 is 0 Å². The van der Waals surface area contributed by atoms with Gasteiger partial charge in [0.05, 0.1) is 0 Å². The molecule has 0 aliphatic carbocycles. The summed E-state index contributed by atoms with van der Waals surface area (Å²) in [6.45, 7) is 6.14. The van der Waals surface area contributed by atoms with E-state index in [-0.39, 0.29) is 24.2 Å². The van der Waals surface area contributed by atoms with E-state index in [4.69, 9.17) is 0 Å². The van der Waals surface area contributed by atoms with E-state index in [1.165, 1.54) is 0 Å². The van der Waals surface area contributed by atoms with Crippen molar-refractivity contribution in [1.29, 1.82) is 0 Å². The highest BCUT2D eigenvalue weighted by molar-refractivity contribution is 5.35. The van der Waals surface area contributed by atoms with E-state index in [2.05, 4.69) is 0 Å². The molecule has 0 radical (unpaired) electrons. The summed E-state index contributed by atoms with van der Waals surface area (Å²) in [6, 6.07) is 3.43. The Balaban J connectivity index is 2.03. The molecule has 0 spiro atoms. The monoisotopic (exact) mass is 400 g/mol. The molecule has 0 amide bonds. The maximum atomic E-state index is 13.5. The fourth-order valence-corrected chi connectivity index (χ4v) is 2.94. The lowest BCUT2D eigenvalue weighted by Crippen LogP contribution is -2.34. The zero-order valence-electron chi connectivity index (χ0n) is 15.9. The van der Waals surface area contributed by atoms with Crippen molar-refractivity contribution in [2.45, 2.75) is 26.9 Å². The molecule has 0 bridgehead atoms. The van der Waals surface area contributed by atoms with Crippen LogP contribution in [0.1, 0.15) is 25.0 Å². The minimum Gasteiger partial charge on any atom is -0.505 e. The lowest BCUT2D eigenvalue weighted by molar-refractivity contribution is 0.201. The molecule has 0 aliphatic rings. The molecule has 0 unspecified atom stereocenters. The smallest absolute Gasteiger partial charge is 0.168 e. The Kier molecular flexibility index (Phi) is 7.65. The van der Waals surface area contributed by atoms with Gasteiger partial charge in [-0.15, -0.1) is 0 Å². The highest BCUT2D eigenvalue weighted by Gasteiger charge is 2.16. The molecule has 2 aromatic carbocycles. The summed E-state index contributed by atoms with van der Waals surface area (Å²) in [5.74, 6) is -4.70. The van der Waals surface area contributed by atoms with E-state index in [1.54, 1.807) is 0 Å². The van der Waals surface area contributed by atoms with Gasteiger partial charge in [0.2, 0.25) is 0 Å². The number of nitrogens with zero attached hydrogens (tertiary/aromatic N) is 2. The second kappa shape index (κ2) is 9.75. The number of benzene rings is 2. The Labute approximate surface area is 161 Å². The van der Waals surface area contributed by atoms with Crippen LogP contribution >= 0.6 is 0 Å². The van der Waals surface area contributed by atoms with Crippen LogP contribution in [0.15, 0.2) is 24.3 Å². The standard InChI is InChI=1S/C20H24F4N2O2/c1-3-25(11-13-7-15(21)9-17(23)19(13)27)5-6-26(4-2)12-14-8-16(22)10-18(24)20(14)28/h7-10,27-28H,3-6,11-12H2,1-2H3. The molecular weight excluding hydrogens is 376 g/mol. The molecule has 0 heterocycles. The van der Waals surface area contributed by atoms with Crippen LogP contribution in [-0.2, 0) is 13.1 Å². The summed E-state index contributed by atoms with van der Waals surface area (Å²) in [5, 5.41) is 19.6. The van der Waals surface area contributed by atoms with Crippen molar-refractivity contribution in [2.24, 2.45) is 0 Å². The average molecular weight is 400 g/mol. The van der Waals surface area contributed by atoms with Gasteiger partial charge in [-0.05, 0) is 25.2 Å². The van der Waals surface area contributed by atoms with Crippen LogP contribution in [0.5, 0.6) is 11.5 Å². The van der Waals surface area contributed by atoms with Crippen LogP contribution in [0.25, 0.3) is 0 Å². The van der Waals surface area contributed by atoms with Gasteiger partial charge in [-0.2, -0.15) is 0 Å². The zero-order valence-corrected chi connectivity index (χ0v) is 15.9. The van der Waals surface area contributed by atoms with Gasteiger partial charge in [0.15, 0.2) is 23.1 Å². The number of halogens is 4. The van der Waals surface area contributed by atoms with Crippen LogP contribution < -0.4 is 0 Å². The predicted octanol–water partition coefficient (Wildman–Crippen LogP) is 4.00. The summed E-state index contributed by atoms with van der Waals surface area (Å²) in [7, 11) is 0. The molecule has 0 saturated carbocycles. The minimum absolute atomic E-state index is 0.146. The molecule has 0 saturated heterocycles. The van der Waals surface area contributed by atoms with E-state index in [0.29, 0.717) is 38.3 Å². The van der Waals surface area contributed by atoms with E-state index in [1.807, 2.05) is 23.6 Å². The van der Waals surface area contributed by atoms with Gasteiger partial charge in [0.1, 0.15) is 11.6 Å². The van der Waals surface area contributed by atoms with Crippen molar-refractivity contribution in [2.75, 3.05) is 26.2 Å². The average Bonchev–Trinajstić information content (AvgIpc) is 2.64. The van der Waals surface area contributed by atoms with E-state index in [9.17, 15) is 27.8 Å². The van der Waals surface area contributed by atoms with Crippen molar-refractivity contribution in [3.63, 3.8) is 0 Å². The van der Waals surface area contributed by atoms with Crippen molar-refractivity contribution >= 4 is 0 Å². The number of phenolic OH excluding ortho intramolecular Hbond substituents is 2. The number of phenols is 2. The molecule has 8 heteroatoms. The van der Waals surface area contributed by atoms with E-state index in [0.717, 1.165) is 12.1 Å². The van der Waals surface area contributed by atoms with Crippen LogP contribution in [-0.4, -0.2) is 46.2 Å². The third-order valence-electron chi connectivity index (χ3n) is 4.63. The van der Waals surface area contributed by atoms with Crippen molar-refractivity contribution in [3.05, 3.63) is 58.7 Å². The first-order valence-corrected chi connectivity index (χ1v) is 9.03. The highest BCUT2D eigenvalue weighted by Crippen LogP contribution is 2.25. The molecule has 4 nitrogen and oxygen atoms in total. The van der Waals surface area contributed by atoms with Crippen LogP contribution in [0, 0.1) is 23.3 Å². The van der Waals surface area contributed by atoms with Gasteiger partial charge in [0, 0.05) is 49.4 Å². The molecule has 0 atom stereocenters. The third kappa shape index (κ3) is 5.59. The first kappa shape index (κ1) is 22.0. The highest BCUT2D eigenvalue weighted by atomic mass is 19.1. The second-order valence-corrected chi connectivity index (χ2v) is 6.53. The molecule has 154 valence electrons. The minimum atomic E-state index is -1.01. The van der Waals surface area contributed by atoms with Gasteiger partial charge in [0.25, 0.3) is 0 Å². The molecule has 0 aromatic heterocycles. The Morgan fingerprint density at radius 1 is 0.679 bits per heavy atom. The molecule has 28 heavy (non-hydrogen) atoms. The van der Waals surface area contributed by atoms with Gasteiger partial charge in [-0.25, -0.2) is 17.6 Å². The molecule has 0 fully saturated rings. The first-order valence-electron chi connectivity index (χ1n) is 9.03. The molecule has 2 aromatic rings. The number of hydrogen-bond acceptors (Lipinski definition) is 4. The quantitative estimate of drug-likeness (QED) is 0.625. The van der Waals surface area contributed by atoms with Crippen molar-refractivity contribution in [3.8, 4) is 11.5 Å². The van der Waals surface area contributed by atoms with Gasteiger partial charge in [-0.1, -0.05) is 13.8 Å². The summed E-state index contributed by atoms with van der Waals surface area (Å²) in [5.41, 5.74) is 0.291. The first-order chi connectivity index (χ1) is 13.2. The topological polar surface area (TPSA) is 46.9 Å². The number of hydrogen-bond donors (Lipinski definition) is 2. The lowest BCUT2D eigenvalue weighted by atomic mass is 10.1. The predicted molar refractivity (Wildman–Crippen MR) is 97.9 cm³/mol. The summed E-state index contributed by atoms with van der Waals surface area (Å²) < 4.78 is 53.8. The van der Waals surface area contributed by atoms with Crippen molar-refractivity contribution < 1.29 is 27.8 Å². The van der Waals surface area contributed by atoms with Crippen LogP contribution in [0.3, 0.4) is 0 Å². The van der Waals surface area contributed by atoms with Crippen LogP contribution in [0.2, 0.25) is 0 Å². The lowest BCUT2D eigenvalue weighted by Gasteiger charge is -2.26. The van der Waals surface area contributed by atoms with Gasteiger partial charge < -0.3 is 10.2 Å². The molecule has 2 N–H and O–H groups in total. The molecule has 0 aliphatic heterocycles. The summed E-state index contributed by atoms with van der Waals surface area (Å²) >= 11 is 0. The summed E-state index contributed by atoms with van der Waals surface area (Å²) in [4.78, 5) is 3.76. The SMILES string of the molecule is CCN(CCN(CC)Cc1cc(F)cc(F)c1O)Cc1cc(F)cc(F)c1O. The summed E-state index contributed by atoms with van der Waals surface area (Å²) in [6.07, 6.45) is 0. The third-order valence-corrected chi connectivity index (χ3v) is 4.63. The second-order valence-electron chi connectivity index (χ2n) is 6.53. The van der Waals surface area contributed by atoms with E-state index < -0.39 is 34.8 Å². The fraction of sp³-hybridized carbons (Fsp3) is 0.400. The van der Waals surface area contributed by atoms with Gasteiger partial charge in [-0.3, -0.25) is 9.80 Å². The van der Waals surface area contributed by atoms with E-state index >= 15 is 0 Å². The Hall–Kier alpha value is -2.32. The number of rotatable bonds is 9. The Morgan fingerprint density at radius 3 is 1.36 bits per heavy atom. The number of likely N-dealkylation sites (N-methyl/N-ethyl adjacent to an activating group) is 2. The normalized spacial score (nSPS) is 11.6. The Bertz CT molecular complexity index is 750. The Morgan fingerprint density at radius 2 is 1.04 bits per heavy atom. The molecule has 2 rings (SSSR count). The largest absolute Gasteiger partial charge is 0.505 e. The maximum absolute atomic E-state index is 13.5. The fourth-order valence-electron chi connectivity index (χ4n) is 2.94. The van der Waals surface area contributed by atoms with Crippen molar-refractivity contribution in [1.82, 2.24) is 9.80 Å². The van der Waals surface area contributed by atoms with Crippen LogP contribution in [0.4, 0.5) is 17.6 Å².